The monoisotopic (exact) mass is 397 g/mol. The summed E-state index contributed by atoms with van der Waals surface area (Å²) in [6, 6.07) is 20.0. The summed E-state index contributed by atoms with van der Waals surface area (Å²) in [5, 5.41) is 26.2. The van der Waals surface area contributed by atoms with E-state index >= 15 is 0 Å². The molecule has 2 aliphatic rings. The second kappa shape index (κ2) is 7.00. The van der Waals surface area contributed by atoms with E-state index < -0.39 is 0 Å². The molecule has 0 aromatic heterocycles. The molecule has 1 aliphatic carbocycles. The van der Waals surface area contributed by atoms with Crippen LogP contribution in [-0.2, 0) is 6.42 Å². The summed E-state index contributed by atoms with van der Waals surface area (Å²) < 4.78 is 13.6. The molecule has 4 nitrogen and oxygen atoms in total. The minimum absolute atomic E-state index is 0.0603. The highest BCUT2D eigenvalue weighted by molar-refractivity contribution is 6.07. The van der Waals surface area contributed by atoms with Gasteiger partial charge in [0.25, 0.3) is 0 Å². The first-order valence-corrected chi connectivity index (χ1v) is 10.0. The zero-order valence-electron chi connectivity index (χ0n) is 16.5. The van der Waals surface area contributed by atoms with Crippen molar-refractivity contribution in [1.29, 1.82) is 5.26 Å². The molecule has 5 rings (SSSR count). The molecule has 3 aromatic carbocycles. The second-order valence-corrected chi connectivity index (χ2v) is 7.92. The van der Waals surface area contributed by atoms with Crippen molar-refractivity contribution in [1.82, 2.24) is 0 Å². The quantitative estimate of drug-likeness (QED) is 0.643. The molecular formula is C25H20FN3O. The van der Waals surface area contributed by atoms with Crippen molar-refractivity contribution in [2.45, 2.75) is 25.8 Å². The number of rotatable bonds is 2. The Morgan fingerprint density at radius 1 is 1.10 bits per heavy atom. The van der Waals surface area contributed by atoms with Crippen LogP contribution in [-0.4, -0.2) is 10.8 Å². The fourth-order valence-corrected chi connectivity index (χ4v) is 4.64. The third-order valence-corrected chi connectivity index (χ3v) is 6.11. The normalized spacial score (nSPS) is 19.6. The third-order valence-electron chi connectivity index (χ3n) is 6.11. The molecule has 1 N–H and O–H groups in total. The van der Waals surface area contributed by atoms with Crippen molar-refractivity contribution in [3.05, 3.63) is 94.3 Å². The van der Waals surface area contributed by atoms with Crippen molar-refractivity contribution in [3.8, 4) is 11.8 Å². The molecule has 0 spiro atoms. The van der Waals surface area contributed by atoms with E-state index in [2.05, 4.69) is 6.07 Å². The average molecular weight is 397 g/mol. The minimum atomic E-state index is -0.261. The summed E-state index contributed by atoms with van der Waals surface area (Å²) in [7, 11) is 0. The van der Waals surface area contributed by atoms with Gasteiger partial charge in [-0.2, -0.15) is 10.4 Å². The molecule has 2 unspecified atom stereocenters. The first kappa shape index (κ1) is 18.4. The number of aromatic hydroxyl groups is 1. The Kier molecular flexibility index (Phi) is 4.29. The second-order valence-electron chi connectivity index (χ2n) is 7.92. The molecule has 5 heteroatoms. The molecule has 0 radical (unpaired) electrons. The van der Waals surface area contributed by atoms with Crippen LogP contribution in [0.2, 0.25) is 0 Å². The SMILES string of the molecule is Cc1cc(N2N=C3c4ccc(O)cc4CCC3C2c2ccc(F)cc2)ccc1C#N. The van der Waals surface area contributed by atoms with E-state index in [0.717, 1.165) is 46.5 Å². The molecule has 0 fully saturated rings. The lowest BCUT2D eigenvalue weighted by molar-refractivity contribution is 0.472. The number of anilines is 1. The van der Waals surface area contributed by atoms with E-state index in [1.54, 1.807) is 6.07 Å². The molecule has 3 aromatic rings. The molecular weight excluding hydrogens is 377 g/mol. The molecule has 0 amide bonds. The van der Waals surface area contributed by atoms with Crippen molar-refractivity contribution >= 4 is 11.4 Å². The third kappa shape index (κ3) is 2.93. The van der Waals surface area contributed by atoms with Gasteiger partial charge in [0, 0.05) is 11.5 Å². The fraction of sp³-hybridized carbons (Fsp3) is 0.200. The van der Waals surface area contributed by atoms with Crippen LogP contribution < -0.4 is 5.01 Å². The summed E-state index contributed by atoms with van der Waals surface area (Å²) in [4.78, 5) is 0. The largest absolute Gasteiger partial charge is 0.508 e. The zero-order valence-corrected chi connectivity index (χ0v) is 16.5. The average Bonchev–Trinajstić information content (AvgIpc) is 3.14. The number of nitriles is 1. The van der Waals surface area contributed by atoms with Crippen LogP contribution >= 0.6 is 0 Å². The van der Waals surface area contributed by atoms with Gasteiger partial charge < -0.3 is 5.11 Å². The Balaban J connectivity index is 1.65. The molecule has 0 saturated carbocycles. The molecule has 0 bridgehead atoms. The molecule has 1 aliphatic heterocycles. The van der Waals surface area contributed by atoms with Gasteiger partial charge in [0.15, 0.2) is 0 Å². The maximum atomic E-state index is 13.6. The molecule has 148 valence electrons. The Morgan fingerprint density at radius 3 is 2.63 bits per heavy atom. The maximum absolute atomic E-state index is 13.6. The van der Waals surface area contributed by atoms with Crippen LogP contribution in [0.1, 0.15) is 40.3 Å². The van der Waals surface area contributed by atoms with E-state index in [1.165, 1.54) is 12.1 Å². The van der Waals surface area contributed by atoms with Crippen LogP contribution in [0.4, 0.5) is 10.1 Å². The number of hydrogen-bond acceptors (Lipinski definition) is 4. The van der Waals surface area contributed by atoms with Gasteiger partial charge in [-0.15, -0.1) is 0 Å². The number of halogens is 1. The first-order valence-electron chi connectivity index (χ1n) is 10.0. The van der Waals surface area contributed by atoms with E-state index in [0.29, 0.717) is 5.56 Å². The van der Waals surface area contributed by atoms with Crippen molar-refractivity contribution in [2.75, 3.05) is 5.01 Å². The Morgan fingerprint density at radius 2 is 1.90 bits per heavy atom. The van der Waals surface area contributed by atoms with Crippen LogP contribution in [0.3, 0.4) is 0 Å². The van der Waals surface area contributed by atoms with Crippen molar-refractivity contribution < 1.29 is 9.50 Å². The van der Waals surface area contributed by atoms with E-state index in [9.17, 15) is 14.8 Å². The number of fused-ring (bicyclic) bond motifs is 3. The summed E-state index contributed by atoms with van der Waals surface area (Å²) in [5.74, 6) is 0.159. The Labute approximate surface area is 174 Å². The van der Waals surface area contributed by atoms with Gasteiger partial charge in [0.05, 0.1) is 29.1 Å². The van der Waals surface area contributed by atoms with Gasteiger partial charge in [-0.25, -0.2) is 4.39 Å². The van der Waals surface area contributed by atoms with Gasteiger partial charge >= 0.3 is 0 Å². The molecule has 1 heterocycles. The Bertz CT molecular complexity index is 1210. The Hall–Kier alpha value is -3.65. The molecule has 2 atom stereocenters. The lowest BCUT2D eigenvalue weighted by atomic mass is 9.77. The highest BCUT2D eigenvalue weighted by atomic mass is 19.1. The number of benzene rings is 3. The van der Waals surface area contributed by atoms with E-state index in [4.69, 9.17) is 5.10 Å². The fourth-order valence-electron chi connectivity index (χ4n) is 4.64. The van der Waals surface area contributed by atoms with Gasteiger partial charge in [-0.3, -0.25) is 5.01 Å². The van der Waals surface area contributed by atoms with E-state index in [-0.39, 0.29) is 23.5 Å². The minimum Gasteiger partial charge on any atom is -0.508 e. The summed E-state index contributed by atoms with van der Waals surface area (Å²) in [6.45, 7) is 1.92. The van der Waals surface area contributed by atoms with Gasteiger partial charge in [0.1, 0.15) is 11.6 Å². The topological polar surface area (TPSA) is 59.6 Å². The smallest absolute Gasteiger partial charge is 0.123 e. The van der Waals surface area contributed by atoms with Crippen molar-refractivity contribution in [2.24, 2.45) is 11.0 Å². The predicted octanol–water partition coefficient (Wildman–Crippen LogP) is 5.24. The molecule has 30 heavy (non-hydrogen) atoms. The van der Waals surface area contributed by atoms with Gasteiger partial charge in [-0.1, -0.05) is 12.1 Å². The van der Waals surface area contributed by atoms with Crippen molar-refractivity contribution in [3.63, 3.8) is 0 Å². The summed E-state index contributed by atoms with van der Waals surface area (Å²) in [5.41, 5.74) is 6.60. The van der Waals surface area contributed by atoms with Crippen LogP contribution in [0.5, 0.6) is 5.75 Å². The van der Waals surface area contributed by atoms with Gasteiger partial charge in [0.2, 0.25) is 0 Å². The van der Waals surface area contributed by atoms with Crippen LogP contribution in [0, 0.1) is 30.0 Å². The number of nitrogens with zero attached hydrogens (tertiary/aromatic N) is 3. The number of hydrogen-bond donors (Lipinski definition) is 1. The lowest BCUT2D eigenvalue weighted by Crippen LogP contribution is -2.28. The van der Waals surface area contributed by atoms with E-state index in [1.807, 2.05) is 54.4 Å². The molecule has 0 saturated heterocycles. The predicted molar refractivity (Wildman–Crippen MR) is 114 cm³/mol. The highest BCUT2D eigenvalue weighted by Crippen LogP contribution is 2.46. The van der Waals surface area contributed by atoms with Gasteiger partial charge in [-0.05, 0) is 85.0 Å². The number of phenols is 1. The maximum Gasteiger partial charge on any atom is 0.123 e. The summed E-state index contributed by atoms with van der Waals surface area (Å²) >= 11 is 0. The first-order chi connectivity index (χ1) is 14.5. The lowest BCUT2D eigenvalue weighted by Gasteiger charge is -2.31. The number of phenolic OH excluding ortho intramolecular Hbond substituents is 1. The van der Waals surface area contributed by atoms with Crippen LogP contribution in [0.15, 0.2) is 65.8 Å². The van der Waals surface area contributed by atoms with Crippen LogP contribution in [0.25, 0.3) is 0 Å². The standard InChI is InChI=1S/C25H20FN3O/c1-15-12-20(8-4-18(15)14-27)29-25(16-2-6-19(26)7-3-16)23-10-5-17-13-21(30)9-11-22(17)24(23)28-29/h2-4,6-9,11-13,23,25,30H,5,10H2,1H3. The number of aryl methyl sites for hydroxylation is 2. The number of hydrazone groups is 1. The highest BCUT2D eigenvalue weighted by Gasteiger charge is 2.42. The summed E-state index contributed by atoms with van der Waals surface area (Å²) in [6.07, 6.45) is 1.74. The zero-order chi connectivity index (χ0) is 20.8.